The summed E-state index contributed by atoms with van der Waals surface area (Å²) < 4.78 is 1.95. The van der Waals surface area contributed by atoms with Gasteiger partial charge in [0.15, 0.2) is 0 Å². The minimum Gasteiger partial charge on any atom is -0.383 e. The van der Waals surface area contributed by atoms with Crippen LogP contribution in [0.3, 0.4) is 0 Å². The van der Waals surface area contributed by atoms with Gasteiger partial charge in [0.2, 0.25) is 0 Å². The van der Waals surface area contributed by atoms with Crippen molar-refractivity contribution in [3.05, 3.63) is 30.1 Å². The molecule has 3 heteroatoms. The number of rotatable bonds is 3. The summed E-state index contributed by atoms with van der Waals surface area (Å²) in [5.41, 5.74) is 8.04. The van der Waals surface area contributed by atoms with Gasteiger partial charge in [-0.05, 0) is 18.6 Å². The molecule has 0 amide bonds. The summed E-state index contributed by atoms with van der Waals surface area (Å²) in [6.07, 6.45) is 4.25. The second-order valence-electron chi connectivity index (χ2n) is 4.00. The van der Waals surface area contributed by atoms with E-state index in [4.69, 9.17) is 5.73 Å². The van der Waals surface area contributed by atoms with Gasteiger partial charge in [0.25, 0.3) is 0 Å². The van der Waals surface area contributed by atoms with Gasteiger partial charge in [0, 0.05) is 12.1 Å². The first-order valence-corrected chi connectivity index (χ1v) is 5.46. The number of hydrogen-bond acceptors (Lipinski definition) is 2. The number of aromatic nitrogens is 2. The van der Waals surface area contributed by atoms with Crippen LogP contribution in [0.2, 0.25) is 0 Å². The third-order valence-corrected chi connectivity index (χ3v) is 2.78. The first kappa shape index (κ1) is 10.0. The Kier molecular flexibility index (Phi) is 2.62. The van der Waals surface area contributed by atoms with E-state index in [9.17, 15) is 0 Å². The van der Waals surface area contributed by atoms with Crippen LogP contribution in [-0.4, -0.2) is 9.38 Å². The van der Waals surface area contributed by atoms with Crippen molar-refractivity contribution in [1.82, 2.24) is 9.38 Å². The molecule has 1 atom stereocenters. The van der Waals surface area contributed by atoms with Crippen molar-refractivity contribution >= 4 is 11.5 Å². The van der Waals surface area contributed by atoms with E-state index in [0.717, 1.165) is 30.0 Å². The summed E-state index contributed by atoms with van der Waals surface area (Å²) in [6.45, 7) is 4.37. The monoisotopic (exact) mass is 203 g/mol. The van der Waals surface area contributed by atoms with E-state index in [1.807, 2.05) is 28.8 Å². The van der Waals surface area contributed by atoms with Crippen LogP contribution in [0.1, 0.15) is 38.3 Å². The molecule has 15 heavy (non-hydrogen) atoms. The lowest BCUT2D eigenvalue weighted by atomic mass is 10.0. The van der Waals surface area contributed by atoms with E-state index in [-0.39, 0.29) is 0 Å². The highest BCUT2D eigenvalue weighted by molar-refractivity contribution is 5.53. The van der Waals surface area contributed by atoms with Crippen LogP contribution >= 0.6 is 0 Å². The predicted molar refractivity (Wildman–Crippen MR) is 62.9 cm³/mol. The van der Waals surface area contributed by atoms with E-state index in [0.29, 0.717) is 5.92 Å². The number of nitrogens with two attached hydrogens (primary N) is 1. The van der Waals surface area contributed by atoms with Crippen LogP contribution in [0.25, 0.3) is 5.65 Å². The summed E-state index contributed by atoms with van der Waals surface area (Å²) in [5, 5.41) is 0. The minimum atomic E-state index is 0.440. The topological polar surface area (TPSA) is 43.3 Å². The van der Waals surface area contributed by atoms with Crippen LogP contribution in [0.5, 0.6) is 0 Å². The van der Waals surface area contributed by atoms with E-state index < -0.39 is 0 Å². The van der Waals surface area contributed by atoms with E-state index in [2.05, 4.69) is 18.8 Å². The van der Waals surface area contributed by atoms with Gasteiger partial charge in [-0.15, -0.1) is 0 Å². The van der Waals surface area contributed by atoms with Crippen LogP contribution in [-0.2, 0) is 0 Å². The number of anilines is 1. The average Bonchev–Trinajstić information content (AvgIpc) is 2.57. The van der Waals surface area contributed by atoms with Crippen LogP contribution < -0.4 is 5.73 Å². The molecule has 1 unspecified atom stereocenters. The molecule has 80 valence electrons. The summed E-state index contributed by atoms with van der Waals surface area (Å²) in [6, 6.07) is 5.94. The van der Waals surface area contributed by atoms with Crippen LogP contribution in [0, 0.1) is 0 Å². The van der Waals surface area contributed by atoms with Gasteiger partial charge in [-0.3, -0.25) is 4.40 Å². The molecule has 0 aliphatic heterocycles. The second-order valence-corrected chi connectivity index (χ2v) is 4.00. The number of imidazole rings is 1. The lowest BCUT2D eigenvalue weighted by molar-refractivity contribution is 0.653. The molecule has 0 saturated heterocycles. The maximum Gasteiger partial charge on any atom is 0.138 e. The zero-order valence-electron chi connectivity index (χ0n) is 9.27. The zero-order valence-corrected chi connectivity index (χ0v) is 9.27. The van der Waals surface area contributed by atoms with Gasteiger partial charge in [0.1, 0.15) is 11.5 Å². The highest BCUT2D eigenvalue weighted by Crippen LogP contribution is 2.25. The molecule has 0 spiro atoms. The van der Waals surface area contributed by atoms with Crippen molar-refractivity contribution in [2.75, 3.05) is 5.73 Å². The van der Waals surface area contributed by atoms with Crippen molar-refractivity contribution in [2.24, 2.45) is 0 Å². The molecule has 2 rings (SSSR count). The molecule has 2 N–H and O–H groups in total. The van der Waals surface area contributed by atoms with Crippen LogP contribution in [0.15, 0.2) is 24.4 Å². The third-order valence-electron chi connectivity index (χ3n) is 2.78. The predicted octanol–water partition coefficient (Wildman–Crippen LogP) is 2.82. The molecule has 3 nitrogen and oxygen atoms in total. The second kappa shape index (κ2) is 3.93. The maximum atomic E-state index is 6.07. The summed E-state index contributed by atoms with van der Waals surface area (Å²) in [4.78, 5) is 4.57. The normalized spacial score (nSPS) is 13.2. The minimum absolute atomic E-state index is 0.440. The molecular weight excluding hydrogens is 186 g/mol. The Labute approximate surface area is 89.9 Å². The molecular formula is C12H17N3. The fourth-order valence-corrected chi connectivity index (χ4v) is 1.97. The number of fused-ring (bicyclic) bond motifs is 1. The molecule has 0 radical (unpaired) electrons. The van der Waals surface area contributed by atoms with Crippen molar-refractivity contribution in [3.63, 3.8) is 0 Å². The third kappa shape index (κ3) is 1.69. The van der Waals surface area contributed by atoms with E-state index in [1.165, 1.54) is 0 Å². The largest absolute Gasteiger partial charge is 0.383 e. The zero-order chi connectivity index (χ0) is 10.8. The average molecular weight is 203 g/mol. The molecule has 0 saturated carbocycles. The Bertz CT molecular complexity index is 459. The molecule has 2 aromatic heterocycles. The van der Waals surface area contributed by atoms with Gasteiger partial charge >= 0.3 is 0 Å². The van der Waals surface area contributed by atoms with Crippen molar-refractivity contribution in [1.29, 1.82) is 0 Å². The SMILES string of the molecule is CCCC(C)c1nc2ccccn2c1N. The van der Waals surface area contributed by atoms with Gasteiger partial charge in [-0.1, -0.05) is 26.3 Å². The Morgan fingerprint density at radius 2 is 2.27 bits per heavy atom. The standard InChI is InChI=1S/C12H17N3/c1-3-6-9(2)11-12(13)15-8-5-4-7-10(15)14-11/h4-5,7-9H,3,6,13H2,1-2H3. The molecule has 0 fully saturated rings. The first-order chi connectivity index (χ1) is 7.24. The Morgan fingerprint density at radius 1 is 1.47 bits per heavy atom. The quantitative estimate of drug-likeness (QED) is 0.833. The number of pyridine rings is 1. The maximum absolute atomic E-state index is 6.07. The number of nitrogens with zero attached hydrogens (tertiary/aromatic N) is 2. The molecule has 0 aliphatic carbocycles. The lowest BCUT2D eigenvalue weighted by Crippen LogP contribution is -2.00. The molecule has 2 heterocycles. The van der Waals surface area contributed by atoms with Crippen molar-refractivity contribution in [2.45, 2.75) is 32.6 Å². The highest BCUT2D eigenvalue weighted by atomic mass is 15.1. The summed E-state index contributed by atoms with van der Waals surface area (Å²) >= 11 is 0. The Balaban J connectivity index is 2.48. The number of hydrogen-bond donors (Lipinski definition) is 1. The number of nitrogen functional groups attached to an aromatic ring is 1. The van der Waals surface area contributed by atoms with Crippen LogP contribution in [0.4, 0.5) is 5.82 Å². The van der Waals surface area contributed by atoms with Crippen molar-refractivity contribution in [3.8, 4) is 0 Å². The molecule has 0 aliphatic rings. The van der Waals surface area contributed by atoms with Gasteiger partial charge < -0.3 is 5.73 Å². The van der Waals surface area contributed by atoms with E-state index >= 15 is 0 Å². The lowest BCUT2D eigenvalue weighted by Gasteiger charge is -2.07. The Hall–Kier alpha value is -1.51. The molecule has 0 aromatic carbocycles. The Morgan fingerprint density at radius 3 is 2.93 bits per heavy atom. The van der Waals surface area contributed by atoms with Gasteiger partial charge in [-0.2, -0.15) is 0 Å². The van der Waals surface area contributed by atoms with E-state index in [1.54, 1.807) is 0 Å². The first-order valence-electron chi connectivity index (χ1n) is 5.46. The smallest absolute Gasteiger partial charge is 0.138 e. The van der Waals surface area contributed by atoms with Crippen molar-refractivity contribution < 1.29 is 0 Å². The van der Waals surface area contributed by atoms with Gasteiger partial charge in [0.05, 0.1) is 5.69 Å². The summed E-state index contributed by atoms with van der Waals surface area (Å²) in [7, 11) is 0. The fraction of sp³-hybridized carbons (Fsp3) is 0.417. The fourth-order valence-electron chi connectivity index (χ4n) is 1.97. The molecule has 2 aromatic rings. The molecule has 0 bridgehead atoms. The summed E-state index contributed by atoms with van der Waals surface area (Å²) in [5.74, 6) is 1.22. The van der Waals surface area contributed by atoms with Gasteiger partial charge in [-0.25, -0.2) is 4.98 Å². The highest BCUT2D eigenvalue weighted by Gasteiger charge is 2.14.